The number of hydrogen-bond acceptors (Lipinski definition) is 4. The third-order valence-corrected chi connectivity index (χ3v) is 4.26. The van der Waals surface area contributed by atoms with Crippen molar-refractivity contribution in [2.24, 2.45) is 5.73 Å². The van der Waals surface area contributed by atoms with E-state index in [2.05, 4.69) is 4.98 Å². The first-order chi connectivity index (χ1) is 9.41. The van der Waals surface area contributed by atoms with E-state index in [0.717, 1.165) is 22.0 Å². The van der Waals surface area contributed by atoms with Gasteiger partial charge < -0.3 is 10.5 Å². The number of aromatic nitrogens is 1. The summed E-state index contributed by atoms with van der Waals surface area (Å²) in [6.45, 7) is 6.23. The maximum atomic E-state index is 13.5. The Morgan fingerprint density at radius 1 is 1.35 bits per heavy atom. The number of hydrogen-bond donors (Lipinski definition) is 1. The lowest BCUT2D eigenvalue weighted by Gasteiger charge is -2.17. The van der Waals surface area contributed by atoms with Crippen molar-refractivity contribution in [2.75, 3.05) is 0 Å². The first-order valence-electron chi connectivity index (χ1n) is 6.57. The van der Waals surface area contributed by atoms with E-state index in [-0.39, 0.29) is 18.2 Å². The molecule has 1 heterocycles. The molecule has 1 aromatic heterocycles. The fourth-order valence-electron chi connectivity index (χ4n) is 1.91. The molecule has 0 aliphatic carbocycles. The van der Waals surface area contributed by atoms with Crippen LogP contribution in [0.15, 0.2) is 24.3 Å². The summed E-state index contributed by atoms with van der Waals surface area (Å²) in [6.07, 6.45) is 0.826. The molecule has 2 rings (SSSR count). The number of benzene rings is 1. The highest BCUT2D eigenvalue weighted by Gasteiger charge is 2.22. The van der Waals surface area contributed by atoms with Gasteiger partial charge in [0.2, 0.25) is 0 Å². The molecule has 0 atom stereocenters. The second kappa shape index (κ2) is 5.89. The van der Waals surface area contributed by atoms with Gasteiger partial charge in [-0.05, 0) is 32.4 Å². The first kappa shape index (κ1) is 14.9. The standard InChI is InChI=1S/C15H19FN2OS/c1-4-11-14(15(2,3)17)20-13(18-11)9-19-12-8-6-5-7-10(12)16/h5-8H,4,9,17H2,1-3H3. The summed E-state index contributed by atoms with van der Waals surface area (Å²) in [7, 11) is 0. The van der Waals surface area contributed by atoms with E-state index in [4.69, 9.17) is 10.5 Å². The molecule has 0 aliphatic rings. The van der Waals surface area contributed by atoms with E-state index >= 15 is 0 Å². The van der Waals surface area contributed by atoms with E-state index in [9.17, 15) is 4.39 Å². The summed E-state index contributed by atoms with van der Waals surface area (Å²) < 4.78 is 19.0. The third-order valence-electron chi connectivity index (χ3n) is 2.85. The SMILES string of the molecule is CCc1nc(COc2ccccc2F)sc1C(C)(C)N. The molecule has 0 spiro atoms. The number of para-hydroxylation sites is 1. The van der Waals surface area contributed by atoms with Crippen LogP contribution in [0.3, 0.4) is 0 Å². The van der Waals surface area contributed by atoms with Crippen LogP contribution in [0.1, 0.15) is 36.3 Å². The maximum Gasteiger partial charge on any atom is 0.165 e. The molecule has 0 saturated heterocycles. The Balaban J connectivity index is 2.15. The highest BCUT2D eigenvalue weighted by molar-refractivity contribution is 7.11. The molecule has 0 saturated carbocycles. The molecule has 0 unspecified atom stereocenters. The van der Waals surface area contributed by atoms with Gasteiger partial charge in [-0.3, -0.25) is 0 Å². The lowest BCUT2D eigenvalue weighted by atomic mass is 10.0. The summed E-state index contributed by atoms with van der Waals surface area (Å²) in [6, 6.07) is 6.36. The molecule has 0 bridgehead atoms. The molecule has 1 aromatic carbocycles. The molecule has 0 radical (unpaired) electrons. The third kappa shape index (κ3) is 3.35. The van der Waals surface area contributed by atoms with Gasteiger partial charge in [-0.2, -0.15) is 0 Å². The lowest BCUT2D eigenvalue weighted by Crippen LogP contribution is -2.28. The highest BCUT2D eigenvalue weighted by Crippen LogP contribution is 2.29. The van der Waals surface area contributed by atoms with Gasteiger partial charge in [0, 0.05) is 10.4 Å². The van der Waals surface area contributed by atoms with Gasteiger partial charge in [-0.15, -0.1) is 11.3 Å². The van der Waals surface area contributed by atoms with Gasteiger partial charge >= 0.3 is 0 Å². The predicted molar refractivity (Wildman–Crippen MR) is 79.4 cm³/mol. The minimum Gasteiger partial charge on any atom is -0.483 e. The zero-order valence-corrected chi connectivity index (χ0v) is 12.8. The molecule has 2 N–H and O–H groups in total. The zero-order valence-electron chi connectivity index (χ0n) is 11.9. The van der Waals surface area contributed by atoms with Crippen LogP contribution in [0.4, 0.5) is 4.39 Å². The van der Waals surface area contributed by atoms with Crippen LogP contribution in [-0.4, -0.2) is 4.98 Å². The fourth-order valence-corrected chi connectivity index (χ4v) is 2.99. The number of nitrogens with two attached hydrogens (primary N) is 1. The topological polar surface area (TPSA) is 48.1 Å². The predicted octanol–water partition coefficient (Wildman–Crippen LogP) is 3.62. The van der Waals surface area contributed by atoms with Crippen LogP contribution in [0.5, 0.6) is 5.75 Å². The summed E-state index contributed by atoms with van der Waals surface area (Å²) in [5, 5.41) is 0.818. The normalized spacial score (nSPS) is 11.7. The van der Waals surface area contributed by atoms with Crippen molar-refractivity contribution in [1.29, 1.82) is 0 Å². The van der Waals surface area contributed by atoms with E-state index in [1.165, 1.54) is 17.4 Å². The maximum absolute atomic E-state index is 13.5. The van der Waals surface area contributed by atoms with Crippen LogP contribution < -0.4 is 10.5 Å². The lowest BCUT2D eigenvalue weighted by molar-refractivity contribution is 0.289. The van der Waals surface area contributed by atoms with Crippen molar-refractivity contribution in [3.8, 4) is 5.75 Å². The molecule has 0 aliphatic heterocycles. The Bertz CT molecular complexity index is 590. The van der Waals surface area contributed by atoms with Crippen molar-refractivity contribution in [1.82, 2.24) is 4.98 Å². The van der Waals surface area contributed by atoms with Crippen molar-refractivity contribution in [2.45, 2.75) is 39.3 Å². The van der Waals surface area contributed by atoms with Crippen molar-refractivity contribution < 1.29 is 9.13 Å². The van der Waals surface area contributed by atoms with Gasteiger partial charge in [0.1, 0.15) is 11.6 Å². The largest absolute Gasteiger partial charge is 0.483 e. The molecular weight excluding hydrogens is 275 g/mol. The van der Waals surface area contributed by atoms with Crippen molar-refractivity contribution in [3.63, 3.8) is 0 Å². The minimum absolute atomic E-state index is 0.245. The van der Waals surface area contributed by atoms with Crippen LogP contribution in [0, 0.1) is 5.82 Å². The van der Waals surface area contributed by atoms with Gasteiger partial charge in [-0.1, -0.05) is 19.1 Å². The number of rotatable bonds is 5. The Labute approximate surface area is 122 Å². The second-order valence-electron chi connectivity index (χ2n) is 5.18. The molecule has 20 heavy (non-hydrogen) atoms. The van der Waals surface area contributed by atoms with E-state index in [1.54, 1.807) is 18.2 Å². The quantitative estimate of drug-likeness (QED) is 0.916. The summed E-state index contributed by atoms with van der Waals surface area (Å²) >= 11 is 1.53. The van der Waals surface area contributed by atoms with Crippen LogP contribution in [0.25, 0.3) is 0 Å². The minimum atomic E-state index is -0.417. The van der Waals surface area contributed by atoms with Crippen molar-refractivity contribution in [3.05, 3.63) is 45.7 Å². The Morgan fingerprint density at radius 2 is 2.05 bits per heavy atom. The molecular formula is C15H19FN2OS. The molecule has 0 fully saturated rings. The Morgan fingerprint density at radius 3 is 2.60 bits per heavy atom. The van der Waals surface area contributed by atoms with Crippen LogP contribution >= 0.6 is 11.3 Å². The van der Waals surface area contributed by atoms with Gasteiger partial charge in [-0.25, -0.2) is 9.37 Å². The molecule has 108 valence electrons. The number of halogens is 1. The van der Waals surface area contributed by atoms with E-state index < -0.39 is 5.54 Å². The molecule has 0 amide bonds. The van der Waals surface area contributed by atoms with Gasteiger partial charge in [0.25, 0.3) is 0 Å². The molecule has 2 aromatic rings. The Hall–Kier alpha value is -1.46. The molecule has 3 nitrogen and oxygen atoms in total. The smallest absolute Gasteiger partial charge is 0.165 e. The summed E-state index contributed by atoms with van der Waals surface area (Å²) in [5.41, 5.74) is 6.73. The second-order valence-corrected chi connectivity index (χ2v) is 6.26. The van der Waals surface area contributed by atoms with Crippen LogP contribution in [0.2, 0.25) is 0 Å². The van der Waals surface area contributed by atoms with Gasteiger partial charge in [0.05, 0.1) is 5.69 Å². The molecule has 5 heteroatoms. The van der Waals surface area contributed by atoms with Crippen molar-refractivity contribution >= 4 is 11.3 Å². The van der Waals surface area contributed by atoms with E-state index in [1.807, 2.05) is 20.8 Å². The first-order valence-corrected chi connectivity index (χ1v) is 7.38. The van der Waals surface area contributed by atoms with E-state index in [0.29, 0.717) is 0 Å². The average molecular weight is 294 g/mol. The number of aryl methyl sites for hydroxylation is 1. The summed E-state index contributed by atoms with van der Waals surface area (Å²) in [4.78, 5) is 5.59. The fraction of sp³-hybridized carbons (Fsp3) is 0.400. The van der Waals surface area contributed by atoms with Crippen LogP contribution in [-0.2, 0) is 18.6 Å². The average Bonchev–Trinajstić information content (AvgIpc) is 2.81. The number of ether oxygens (including phenoxy) is 1. The number of nitrogens with zero attached hydrogens (tertiary/aromatic N) is 1. The highest BCUT2D eigenvalue weighted by atomic mass is 32.1. The Kier molecular flexibility index (Phi) is 4.40. The zero-order chi connectivity index (χ0) is 14.8. The summed E-state index contributed by atoms with van der Waals surface area (Å²) in [5.74, 6) is -0.117. The monoisotopic (exact) mass is 294 g/mol. The van der Waals surface area contributed by atoms with Gasteiger partial charge in [0.15, 0.2) is 11.6 Å². The number of thiazole rings is 1.